The summed E-state index contributed by atoms with van der Waals surface area (Å²) in [6.45, 7) is 5.80. The van der Waals surface area contributed by atoms with Crippen molar-refractivity contribution in [1.29, 1.82) is 0 Å². The lowest BCUT2D eigenvalue weighted by Crippen LogP contribution is -2.40. The summed E-state index contributed by atoms with van der Waals surface area (Å²) in [5.74, 6) is 1.04. The van der Waals surface area contributed by atoms with Crippen LogP contribution in [0.3, 0.4) is 0 Å². The minimum absolute atomic E-state index is 0.142. The van der Waals surface area contributed by atoms with E-state index in [1.165, 1.54) is 23.7 Å². The van der Waals surface area contributed by atoms with E-state index >= 15 is 0 Å². The van der Waals surface area contributed by atoms with Gasteiger partial charge in [0.1, 0.15) is 0 Å². The molecule has 5 nitrogen and oxygen atoms in total. The Morgan fingerprint density at radius 2 is 1.79 bits per heavy atom. The van der Waals surface area contributed by atoms with Gasteiger partial charge in [-0.3, -0.25) is 4.79 Å². The van der Waals surface area contributed by atoms with Crippen LogP contribution in [0.15, 0.2) is 29.4 Å². The van der Waals surface area contributed by atoms with Gasteiger partial charge in [-0.2, -0.15) is 0 Å². The van der Waals surface area contributed by atoms with E-state index < -0.39 is 0 Å². The molecule has 3 rings (SSSR count). The van der Waals surface area contributed by atoms with Crippen LogP contribution in [0.2, 0.25) is 0 Å². The Bertz CT molecular complexity index is 704. The van der Waals surface area contributed by atoms with Gasteiger partial charge in [-0.25, -0.2) is 0 Å². The molecule has 0 radical (unpaired) electrons. The molecular formula is C18H24N4OS. The number of nitrogens with zero attached hydrogens (tertiary/aromatic N) is 4. The van der Waals surface area contributed by atoms with Crippen molar-refractivity contribution in [2.75, 3.05) is 13.1 Å². The van der Waals surface area contributed by atoms with Gasteiger partial charge in [0.2, 0.25) is 5.91 Å². The van der Waals surface area contributed by atoms with E-state index in [1.54, 1.807) is 0 Å². The molecule has 0 aliphatic carbocycles. The molecular weight excluding hydrogens is 320 g/mol. The first kappa shape index (κ1) is 17.0. The number of thioether (sulfide) groups is 1. The largest absolute Gasteiger partial charge is 0.342 e. The molecule has 6 heteroatoms. The molecule has 1 fully saturated rings. The van der Waals surface area contributed by atoms with Gasteiger partial charge in [-0.05, 0) is 33.1 Å². The first-order chi connectivity index (χ1) is 11.6. The maximum Gasteiger partial charge on any atom is 0.235 e. The Morgan fingerprint density at radius 3 is 2.46 bits per heavy atom. The Morgan fingerprint density at radius 1 is 1.12 bits per heavy atom. The summed E-state index contributed by atoms with van der Waals surface area (Å²) in [5, 5.41) is 9.23. The van der Waals surface area contributed by atoms with Gasteiger partial charge in [-0.1, -0.05) is 41.6 Å². The number of benzene rings is 1. The van der Waals surface area contributed by atoms with Crippen molar-refractivity contribution < 1.29 is 4.79 Å². The number of hydrogen-bond acceptors (Lipinski definition) is 4. The summed E-state index contributed by atoms with van der Waals surface area (Å²) < 4.78 is 1.97. The van der Waals surface area contributed by atoms with Gasteiger partial charge in [0.15, 0.2) is 11.0 Å². The molecule has 128 valence electrons. The molecule has 0 unspecified atom stereocenters. The molecule has 1 atom stereocenters. The van der Waals surface area contributed by atoms with Crippen LogP contribution >= 0.6 is 11.8 Å². The molecule has 1 aromatic heterocycles. The van der Waals surface area contributed by atoms with Crippen molar-refractivity contribution in [2.24, 2.45) is 7.05 Å². The molecule has 1 aliphatic rings. The summed E-state index contributed by atoms with van der Waals surface area (Å²) in [5.41, 5.74) is 2.26. The van der Waals surface area contributed by atoms with Crippen LogP contribution in [0.25, 0.3) is 11.4 Å². The number of aromatic nitrogens is 3. The molecule has 2 aromatic rings. The van der Waals surface area contributed by atoms with Crippen LogP contribution in [0.4, 0.5) is 0 Å². The van der Waals surface area contributed by atoms with Crippen LogP contribution in [0.1, 0.15) is 31.7 Å². The van der Waals surface area contributed by atoms with E-state index in [0.29, 0.717) is 0 Å². The normalized spacial score (nSPS) is 16.2. The summed E-state index contributed by atoms with van der Waals surface area (Å²) in [6, 6.07) is 8.24. The van der Waals surface area contributed by atoms with Gasteiger partial charge < -0.3 is 9.47 Å². The van der Waals surface area contributed by atoms with E-state index in [9.17, 15) is 4.79 Å². The maximum absolute atomic E-state index is 12.6. The van der Waals surface area contributed by atoms with Crippen molar-refractivity contribution in [3.63, 3.8) is 0 Å². The quantitative estimate of drug-likeness (QED) is 0.799. The number of likely N-dealkylation sites (tertiary alicyclic amines) is 1. The fraction of sp³-hybridized carbons (Fsp3) is 0.500. The molecule has 0 bridgehead atoms. The van der Waals surface area contributed by atoms with E-state index in [1.807, 2.05) is 23.4 Å². The Hall–Kier alpha value is -1.82. The van der Waals surface area contributed by atoms with E-state index in [0.717, 1.165) is 42.5 Å². The summed E-state index contributed by atoms with van der Waals surface area (Å²) in [7, 11) is 1.95. The summed E-state index contributed by atoms with van der Waals surface area (Å²) in [4.78, 5) is 14.6. The number of amides is 1. The maximum atomic E-state index is 12.6. The van der Waals surface area contributed by atoms with Crippen molar-refractivity contribution in [1.82, 2.24) is 19.7 Å². The monoisotopic (exact) mass is 344 g/mol. The molecule has 0 N–H and O–H groups in total. The first-order valence-corrected chi connectivity index (χ1v) is 9.36. The lowest BCUT2D eigenvalue weighted by Gasteiger charge is -2.28. The highest BCUT2D eigenvalue weighted by molar-refractivity contribution is 8.00. The van der Waals surface area contributed by atoms with Crippen LogP contribution < -0.4 is 0 Å². The van der Waals surface area contributed by atoms with Gasteiger partial charge in [-0.15, -0.1) is 10.2 Å². The van der Waals surface area contributed by atoms with Crippen molar-refractivity contribution in [2.45, 2.75) is 43.5 Å². The lowest BCUT2D eigenvalue weighted by atomic mass is 10.1. The third-order valence-electron chi connectivity index (χ3n) is 4.44. The topological polar surface area (TPSA) is 51.0 Å². The zero-order valence-corrected chi connectivity index (χ0v) is 15.3. The first-order valence-electron chi connectivity index (χ1n) is 8.48. The molecule has 0 spiro atoms. The second-order valence-corrected chi connectivity index (χ2v) is 7.69. The van der Waals surface area contributed by atoms with Crippen LogP contribution in [0, 0.1) is 6.92 Å². The van der Waals surface area contributed by atoms with E-state index in [4.69, 9.17) is 0 Å². The molecule has 2 heterocycles. The molecule has 0 saturated carbocycles. The standard InChI is InChI=1S/C18H24N4OS/c1-13-7-9-15(10-8-13)16-19-20-18(21(16)3)24-14(2)17(23)22-11-5-4-6-12-22/h7-10,14H,4-6,11-12H2,1-3H3/t14-/m1/s1. The third-order valence-corrected chi connectivity index (χ3v) is 5.56. The minimum atomic E-state index is -0.142. The minimum Gasteiger partial charge on any atom is -0.342 e. The summed E-state index contributed by atoms with van der Waals surface area (Å²) >= 11 is 1.49. The van der Waals surface area contributed by atoms with Crippen molar-refractivity contribution in [3.8, 4) is 11.4 Å². The third kappa shape index (κ3) is 3.64. The predicted octanol–water partition coefficient (Wildman–Crippen LogP) is 3.28. The fourth-order valence-corrected chi connectivity index (χ4v) is 3.85. The smallest absolute Gasteiger partial charge is 0.235 e. The second-order valence-electron chi connectivity index (χ2n) is 6.38. The Labute approximate surface area is 147 Å². The summed E-state index contributed by atoms with van der Waals surface area (Å²) in [6.07, 6.45) is 3.46. The van der Waals surface area contributed by atoms with E-state index in [-0.39, 0.29) is 11.2 Å². The Balaban J connectivity index is 1.71. The van der Waals surface area contributed by atoms with Gasteiger partial charge >= 0.3 is 0 Å². The van der Waals surface area contributed by atoms with Gasteiger partial charge in [0, 0.05) is 25.7 Å². The predicted molar refractivity (Wildman–Crippen MR) is 96.9 cm³/mol. The Kier molecular flexibility index (Phi) is 5.23. The van der Waals surface area contributed by atoms with Crippen molar-refractivity contribution >= 4 is 17.7 Å². The molecule has 1 saturated heterocycles. The van der Waals surface area contributed by atoms with E-state index in [2.05, 4.69) is 41.4 Å². The number of piperidine rings is 1. The SMILES string of the molecule is Cc1ccc(-c2nnc(S[C@H](C)C(=O)N3CCCCC3)n2C)cc1. The number of aryl methyl sites for hydroxylation is 1. The highest BCUT2D eigenvalue weighted by atomic mass is 32.2. The number of rotatable bonds is 4. The van der Waals surface area contributed by atoms with Crippen molar-refractivity contribution in [3.05, 3.63) is 29.8 Å². The average molecular weight is 344 g/mol. The molecule has 1 aliphatic heterocycles. The van der Waals surface area contributed by atoms with Crippen LogP contribution in [0.5, 0.6) is 0 Å². The number of carbonyl (C=O) groups excluding carboxylic acids is 1. The highest BCUT2D eigenvalue weighted by Gasteiger charge is 2.25. The number of hydrogen-bond donors (Lipinski definition) is 0. The second kappa shape index (κ2) is 7.38. The zero-order chi connectivity index (χ0) is 17.1. The number of carbonyl (C=O) groups is 1. The van der Waals surface area contributed by atoms with Crippen LogP contribution in [-0.2, 0) is 11.8 Å². The molecule has 1 amide bonds. The van der Waals surface area contributed by atoms with Crippen LogP contribution in [-0.4, -0.2) is 43.9 Å². The highest BCUT2D eigenvalue weighted by Crippen LogP contribution is 2.27. The lowest BCUT2D eigenvalue weighted by molar-refractivity contribution is -0.131. The molecule has 1 aromatic carbocycles. The molecule has 24 heavy (non-hydrogen) atoms. The van der Waals surface area contributed by atoms with Gasteiger partial charge in [0.05, 0.1) is 5.25 Å². The average Bonchev–Trinajstić information content (AvgIpc) is 2.96. The fourth-order valence-electron chi connectivity index (χ4n) is 2.95. The van der Waals surface area contributed by atoms with Gasteiger partial charge in [0.25, 0.3) is 0 Å². The zero-order valence-electron chi connectivity index (χ0n) is 14.5.